The van der Waals surface area contributed by atoms with Crippen LogP contribution in [0.5, 0.6) is 0 Å². The number of fused-ring (bicyclic) bond motifs is 1. The molecule has 0 spiro atoms. The fourth-order valence-electron chi connectivity index (χ4n) is 5.05. The molecule has 31 heavy (non-hydrogen) atoms. The molecule has 2 aliphatic rings. The van der Waals surface area contributed by atoms with Gasteiger partial charge in [0.2, 0.25) is 0 Å². The molecule has 7 heteroatoms. The van der Waals surface area contributed by atoms with Gasteiger partial charge in [-0.3, -0.25) is 10.4 Å². The molecule has 1 fully saturated rings. The Morgan fingerprint density at radius 3 is 2.42 bits per heavy atom. The third kappa shape index (κ3) is 3.59. The van der Waals surface area contributed by atoms with Crippen LogP contribution in [-0.4, -0.2) is 44.6 Å². The second kappa shape index (κ2) is 8.20. The number of nitrogens with one attached hydrogen (secondary N) is 1. The van der Waals surface area contributed by atoms with Gasteiger partial charge >= 0.3 is 0 Å². The van der Waals surface area contributed by atoms with Crippen molar-refractivity contribution in [1.82, 2.24) is 14.8 Å². The number of nitrogens with zero attached hydrogens (tertiary/aromatic N) is 4. The topological polar surface area (TPSA) is 83.8 Å². The summed E-state index contributed by atoms with van der Waals surface area (Å²) in [5, 5.41) is 13.3. The summed E-state index contributed by atoms with van der Waals surface area (Å²) in [7, 11) is 2.13. The third-order valence-electron chi connectivity index (χ3n) is 6.76. The molecule has 3 N–H and O–H groups in total. The third-order valence-corrected chi connectivity index (χ3v) is 7.73. The van der Waals surface area contributed by atoms with E-state index < -0.39 is 0 Å². The van der Waals surface area contributed by atoms with E-state index in [0.717, 1.165) is 53.9 Å². The van der Waals surface area contributed by atoms with Gasteiger partial charge in [0.05, 0.1) is 22.8 Å². The van der Waals surface area contributed by atoms with E-state index in [2.05, 4.69) is 57.2 Å². The van der Waals surface area contributed by atoms with E-state index in [9.17, 15) is 0 Å². The molecule has 2 unspecified atom stereocenters. The smallest absolute Gasteiger partial charge is 0.141 e. The number of pyridine rings is 1. The highest BCUT2D eigenvalue weighted by molar-refractivity contribution is 9.10. The Labute approximate surface area is 191 Å². The summed E-state index contributed by atoms with van der Waals surface area (Å²) >= 11 is 3.81. The van der Waals surface area contributed by atoms with E-state index in [-0.39, 0.29) is 10.9 Å². The Hall–Kier alpha value is -2.51. The molecule has 1 aliphatic carbocycles. The van der Waals surface area contributed by atoms with E-state index in [4.69, 9.17) is 16.1 Å². The average molecular weight is 479 g/mol. The lowest BCUT2D eigenvalue weighted by molar-refractivity contribution is 0.279. The van der Waals surface area contributed by atoms with Gasteiger partial charge in [-0.2, -0.15) is 5.10 Å². The molecule has 1 aromatic carbocycles. The van der Waals surface area contributed by atoms with Gasteiger partial charge in [0.15, 0.2) is 0 Å². The predicted octanol–water partition coefficient (Wildman–Crippen LogP) is 4.54. The second-order valence-electron chi connectivity index (χ2n) is 8.66. The Kier molecular flexibility index (Phi) is 5.40. The first-order valence-corrected chi connectivity index (χ1v) is 11.8. The number of nitrogens with two attached hydrogens (primary N) is 1. The lowest BCUT2D eigenvalue weighted by atomic mass is 9.79. The van der Waals surface area contributed by atoms with Crippen LogP contribution >= 0.6 is 15.9 Å². The Bertz CT molecular complexity index is 1070. The van der Waals surface area contributed by atoms with Crippen molar-refractivity contribution in [2.75, 3.05) is 11.9 Å². The van der Waals surface area contributed by atoms with Crippen LogP contribution in [0.2, 0.25) is 0 Å². The standard InChI is InChI=1S/C24H27BrN6/c1-30-22(16-7-10-18(26)11-8-16)21(25)23(27)31-24(30)19(14-29-31)17-9-12-20(28-13-17)15-5-3-2-4-6-15/h2-6,9,12-14,16,18,21-22,27H,7-8,10-11,26H2,1H3. The van der Waals surface area contributed by atoms with Crippen molar-refractivity contribution in [1.29, 1.82) is 5.41 Å². The maximum atomic E-state index is 8.76. The van der Waals surface area contributed by atoms with Gasteiger partial charge < -0.3 is 10.6 Å². The molecule has 160 valence electrons. The molecule has 6 nitrogen and oxygen atoms in total. The Morgan fingerprint density at radius 2 is 1.74 bits per heavy atom. The van der Waals surface area contributed by atoms with Crippen molar-refractivity contribution in [2.24, 2.45) is 11.7 Å². The SMILES string of the molecule is CN1c2c(-c3ccc(-c4ccccc4)nc3)cnn2C(=N)C(Br)C1C1CCC(N)CC1. The molecule has 0 radical (unpaired) electrons. The van der Waals surface area contributed by atoms with Crippen molar-refractivity contribution in [3.05, 3.63) is 54.9 Å². The maximum absolute atomic E-state index is 8.76. The fraction of sp³-hybridized carbons (Fsp3) is 0.375. The van der Waals surface area contributed by atoms with Crippen LogP contribution in [0, 0.1) is 11.3 Å². The molecule has 2 atom stereocenters. The quantitative estimate of drug-likeness (QED) is 0.541. The highest BCUT2D eigenvalue weighted by Gasteiger charge is 2.42. The van der Waals surface area contributed by atoms with Crippen LogP contribution in [-0.2, 0) is 0 Å². The lowest BCUT2D eigenvalue weighted by Crippen LogP contribution is -2.54. The largest absolute Gasteiger partial charge is 0.354 e. The van der Waals surface area contributed by atoms with E-state index in [1.165, 1.54) is 0 Å². The molecule has 3 aromatic rings. The zero-order valence-electron chi connectivity index (χ0n) is 17.6. The number of hydrogen-bond acceptors (Lipinski definition) is 5. The van der Waals surface area contributed by atoms with Crippen molar-refractivity contribution in [2.45, 2.75) is 42.6 Å². The molecule has 0 saturated heterocycles. The van der Waals surface area contributed by atoms with E-state index in [0.29, 0.717) is 17.8 Å². The number of halogens is 1. The van der Waals surface area contributed by atoms with Gasteiger partial charge in [-0.25, -0.2) is 4.68 Å². The molecule has 2 aromatic heterocycles. The minimum Gasteiger partial charge on any atom is -0.354 e. The number of aromatic nitrogens is 3. The van der Waals surface area contributed by atoms with Crippen LogP contribution in [0.25, 0.3) is 22.4 Å². The number of rotatable bonds is 3. The Morgan fingerprint density at radius 1 is 1.00 bits per heavy atom. The summed E-state index contributed by atoms with van der Waals surface area (Å²) in [5.74, 6) is 1.97. The van der Waals surface area contributed by atoms with Crippen LogP contribution in [0.3, 0.4) is 0 Å². The molecule has 1 aliphatic heterocycles. The van der Waals surface area contributed by atoms with Gasteiger partial charge in [-0.05, 0) is 37.7 Å². The monoisotopic (exact) mass is 478 g/mol. The summed E-state index contributed by atoms with van der Waals surface area (Å²) in [6.07, 6.45) is 8.08. The highest BCUT2D eigenvalue weighted by Crippen LogP contribution is 2.41. The van der Waals surface area contributed by atoms with Crippen LogP contribution in [0.1, 0.15) is 25.7 Å². The number of hydrogen-bond donors (Lipinski definition) is 2. The van der Waals surface area contributed by atoms with E-state index in [1.54, 1.807) is 4.68 Å². The van der Waals surface area contributed by atoms with Crippen LogP contribution in [0.15, 0.2) is 54.9 Å². The van der Waals surface area contributed by atoms with Crippen LogP contribution in [0.4, 0.5) is 5.82 Å². The van der Waals surface area contributed by atoms with Gasteiger partial charge in [-0.15, -0.1) is 0 Å². The molecular formula is C24H27BrN6. The van der Waals surface area contributed by atoms with E-state index >= 15 is 0 Å². The first kappa shape index (κ1) is 20.4. The van der Waals surface area contributed by atoms with Crippen LogP contribution < -0.4 is 10.6 Å². The predicted molar refractivity (Wildman–Crippen MR) is 129 cm³/mol. The molecular weight excluding hydrogens is 452 g/mol. The van der Waals surface area contributed by atoms with E-state index in [1.807, 2.05) is 30.6 Å². The number of alkyl halides is 1. The molecule has 3 heterocycles. The zero-order valence-corrected chi connectivity index (χ0v) is 19.2. The minimum atomic E-state index is -0.0596. The first-order chi connectivity index (χ1) is 15.0. The molecule has 0 amide bonds. The van der Waals surface area contributed by atoms with Gasteiger partial charge in [-0.1, -0.05) is 52.3 Å². The fourth-order valence-corrected chi connectivity index (χ4v) is 6.03. The van der Waals surface area contributed by atoms with Gasteiger partial charge in [0.1, 0.15) is 11.7 Å². The number of anilines is 1. The Balaban J connectivity index is 1.49. The molecule has 0 bridgehead atoms. The zero-order chi connectivity index (χ0) is 21.5. The van der Waals surface area contributed by atoms with Crippen molar-refractivity contribution in [3.8, 4) is 22.4 Å². The van der Waals surface area contributed by atoms with Crippen molar-refractivity contribution >= 4 is 27.6 Å². The lowest BCUT2D eigenvalue weighted by Gasteiger charge is -2.44. The molecule has 5 rings (SSSR count). The first-order valence-electron chi connectivity index (χ1n) is 10.9. The summed E-state index contributed by atoms with van der Waals surface area (Å²) in [6.45, 7) is 0. The van der Waals surface area contributed by atoms with Crippen molar-refractivity contribution in [3.63, 3.8) is 0 Å². The average Bonchev–Trinajstić information content (AvgIpc) is 3.25. The second-order valence-corrected chi connectivity index (χ2v) is 9.64. The highest BCUT2D eigenvalue weighted by atomic mass is 79.9. The maximum Gasteiger partial charge on any atom is 0.141 e. The summed E-state index contributed by atoms with van der Waals surface area (Å²) < 4.78 is 1.75. The summed E-state index contributed by atoms with van der Waals surface area (Å²) in [5.41, 5.74) is 10.2. The minimum absolute atomic E-state index is 0.0596. The molecule has 1 saturated carbocycles. The van der Waals surface area contributed by atoms with Gasteiger partial charge in [0.25, 0.3) is 0 Å². The summed E-state index contributed by atoms with van der Waals surface area (Å²) in [6, 6.07) is 14.9. The van der Waals surface area contributed by atoms with Crippen molar-refractivity contribution < 1.29 is 0 Å². The normalized spacial score (nSPS) is 26.0. The number of benzene rings is 1. The summed E-state index contributed by atoms with van der Waals surface area (Å²) in [4.78, 5) is 6.95. The van der Waals surface area contributed by atoms with Gasteiger partial charge in [0, 0.05) is 36.0 Å².